The molecule has 1 aliphatic carbocycles. The first-order valence-electron chi connectivity index (χ1n) is 6.06. The highest BCUT2D eigenvalue weighted by molar-refractivity contribution is 5.90. The van der Waals surface area contributed by atoms with Gasteiger partial charge in [0, 0.05) is 6.54 Å². The first kappa shape index (κ1) is 12.8. The first-order chi connectivity index (χ1) is 8.54. The average Bonchev–Trinajstić information content (AvgIpc) is 2.33. The lowest BCUT2D eigenvalue weighted by molar-refractivity contribution is -0.0202. The Morgan fingerprint density at radius 3 is 2.78 bits per heavy atom. The zero-order valence-corrected chi connectivity index (χ0v) is 10.7. The third kappa shape index (κ3) is 2.61. The number of nitrogens with zero attached hydrogens (tertiary/aromatic N) is 1. The van der Waals surface area contributed by atoms with Gasteiger partial charge in [0.05, 0.1) is 24.0 Å². The predicted octanol–water partition coefficient (Wildman–Crippen LogP) is 1.50. The molecule has 1 heterocycles. The molecule has 0 unspecified atom stereocenters. The minimum atomic E-state index is -0.587. The second kappa shape index (κ2) is 4.94. The number of aryl methyl sites for hydroxylation is 1. The molecule has 0 aromatic carbocycles. The molecule has 5 nitrogen and oxygen atoms in total. The van der Waals surface area contributed by atoms with Crippen LogP contribution < -0.4 is 5.32 Å². The molecule has 5 heteroatoms. The predicted molar refractivity (Wildman–Crippen MR) is 67.6 cm³/mol. The maximum absolute atomic E-state index is 11.4. The Bertz CT molecular complexity index is 456. The molecule has 2 rings (SSSR count). The van der Waals surface area contributed by atoms with Gasteiger partial charge in [-0.3, -0.25) is 0 Å². The van der Waals surface area contributed by atoms with Crippen LogP contribution >= 0.6 is 0 Å². The van der Waals surface area contributed by atoms with Crippen molar-refractivity contribution >= 4 is 11.8 Å². The van der Waals surface area contributed by atoms with Crippen LogP contribution in [0, 0.1) is 6.92 Å². The normalized spacial score (nSPS) is 16.8. The van der Waals surface area contributed by atoms with E-state index in [0.717, 1.165) is 19.3 Å². The van der Waals surface area contributed by atoms with Crippen molar-refractivity contribution in [2.24, 2.45) is 0 Å². The summed E-state index contributed by atoms with van der Waals surface area (Å²) in [4.78, 5) is 15.7. The van der Waals surface area contributed by atoms with E-state index in [4.69, 9.17) is 0 Å². The van der Waals surface area contributed by atoms with E-state index in [-0.39, 0.29) is 5.97 Å². The SMILES string of the molecule is COC(=O)c1ccc(NCC2(O)CCC2)nc1C. The highest BCUT2D eigenvalue weighted by Crippen LogP contribution is 2.31. The largest absolute Gasteiger partial charge is 0.465 e. The fraction of sp³-hybridized carbons (Fsp3) is 0.538. The summed E-state index contributed by atoms with van der Waals surface area (Å²) >= 11 is 0. The van der Waals surface area contributed by atoms with Crippen molar-refractivity contribution in [1.82, 2.24) is 4.98 Å². The van der Waals surface area contributed by atoms with E-state index in [1.54, 1.807) is 19.1 Å². The van der Waals surface area contributed by atoms with Gasteiger partial charge in [-0.25, -0.2) is 9.78 Å². The minimum absolute atomic E-state index is 0.385. The molecule has 98 valence electrons. The van der Waals surface area contributed by atoms with Crippen LogP contribution in [0.2, 0.25) is 0 Å². The number of anilines is 1. The van der Waals surface area contributed by atoms with Gasteiger partial charge in [0.15, 0.2) is 0 Å². The number of hydrogen-bond donors (Lipinski definition) is 2. The Morgan fingerprint density at radius 1 is 1.56 bits per heavy atom. The lowest BCUT2D eigenvalue weighted by Gasteiger charge is -2.36. The standard InChI is InChI=1S/C13H18N2O3/c1-9-10(12(16)18-2)4-5-11(15-9)14-8-13(17)6-3-7-13/h4-5,17H,3,6-8H2,1-2H3,(H,14,15). The van der Waals surface area contributed by atoms with E-state index >= 15 is 0 Å². The Morgan fingerprint density at radius 2 is 2.28 bits per heavy atom. The number of nitrogens with one attached hydrogen (secondary N) is 1. The van der Waals surface area contributed by atoms with Crippen molar-refractivity contribution in [3.8, 4) is 0 Å². The molecule has 1 aliphatic rings. The summed E-state index contributed by atoms with van der Waals surface area (Å²) in [6, 6.07) is 3.41. The topological polar surface area (TPSA) is 71.5 Å². The van der Waals surface area contributed by atoms with E-state index in [1.807, 2.05) is 0 Å². The van der Waals surface area contributed by atoms with Crippen LogP contribution in [-0.4, -0.2) is 35.3 Å². The third-order valence-electron chi connectivity index (χ3n) is 3.37. The van der Waals surface area contributed by atoms with Crippen molar-refractivity contribution in [2.45, 2.75) is 31.8 Å². The maximum atomic E-state index is 11.4. The van der Waals surface area contributed by atoms with Crippen molar-refractivity contribution < 1.29 is 14.6 Å². The maximum Gasteiger partial charge on any atom is 0.339 e. The summed E-state index contributed by atoms with van der Waals surface area (Å²) in [5.74, 6) is 0.282. The Balaban J connectivity index is 2.02. The number of carbonyl (C=O) groups excluding carboxylic acids is 1. The van der Waals surface area contributed by atoms with Gasteiger partial charge in [-0.1, -0.05) is 0 Å². The molecule has 2 N–H and O–H groups in total. The number of rotatable bonds is 4. The molecule has 18 heavy (non-hydrogen) atoms. The quantitative estimate of drug-likeness (QED) is 0.792. The van der Waals surface area contributed by atoms with Crippen LogP contribution in [-0.2, 0) is 4.74 Å². The molecule has 0 saturated heterocycles. The molecule has 0 spiro atoms. The van der Waals surface area contributed by atoms with Gasteiger partial charge in [0.25, 0.3) is 0 Å². The molecule has 1 aromatic rings. The summed E-state index contributed by atoms with van der Waals surface area (Å²) in [6.45, 7) is 2.26. The number of aliphatic hydroxyl groups is 1. The smallest absolute Gasteiger partial charge is 0.339 e. The van der Waals surface area contributed by atoms with Gasteiger partial charge in [-0.05, 0) is 38.3 Å². The number of pyridine rings is 1. The van der Waals surface area contributed by atoms with Crippen LogP contribution in [0.5, 0.6) is 0 Å². The van der Waals surface area contributed by atoms with E-state index in [9.17, 15) is 9.90 Å². The Hall–Kier alpha value is -1.62. The van der Waals surface area contributed by atoms with Crippen molar-refractivity contribution in [3.05, 3.63) is 23.4 Å². The van der Waals surface area contributed by atoms with Crippen LogP contribution in [0.3, 0.4) is 0 Å². The molecule has 0 aliphatic heterocycles. The number of hydrogen-bond acceptors (Lipinski definition) is 5. The lowest BCUT2D eigenvalue weighted by Crippen LogP contribution is -2.43. The zero-order chi connectivity index (χ0) is 13.2. The molecular formula is C13H18N2O3. The third-order valence-corrected chi connectivity index (χ3v) is 3.37. The molecule has 1 fully saturated rings. The van der Waals surface area contributed by atoms with E-state index in [1.165, 1.54) is 7.11 Å². The summed E-state index contributed by atoms with van der Waals surface area (Å²) < 4.78 is 4.66. The van der Waals surface area contributed by atoms with E-state index < -0.39 is 5.60 Å². The second-order valence-corrected chi connectivity index (χ2v) is 4.75. The fourth-order valence-corrected chi connectivity index (χ4v) is 2.00. The molecule has 0 amide bonds. The highest BCUT2D eigenvalue weighted by Gasteiger charge is 2.34. The number of carbonyl (C=O) groups is 1. The van der Waals surface area contributed by atoms with Crippen molar-refractivity contribution in [3.63, 3.8) is 0 Å². The van der Waals surface area contributed by atoms with Gasteiger partial charge in [0.2, 0.25) is 0 Å². The summed E-state index contributed by atoms with van der Waals surface area (Å²) in [7, 11) is 1.35. The average molecular weight is 250 g/mol. The molecule has 0 atom stereocenters. The monoisotopic (exact) mass is 250 g/mol. The first-order valence-corrected chi connectivity index (χ1v) is 6.06. The molecule has 1 saturated carbocycles. The number of methoxy groups -OCH3 is 1. The summed E-state index contributed by atoms with van der Waals surface area (Å²) in [6.07, 6.45) is 2.74. The number of ether oxygens (including phenoxy) is 1. The molecular weight excluding hydrogens is 232 g/mol. The molecule has 1 aromatic heterocycles. The number of aromatic nitrogens is 1. The highest BCUT2D eigenvalue weighted by atomic mass is 16.5. The zero-order valence-electron chi connectivity index (χ0n) is 10.7. The van der Waals surface area contributed by atoms with Gasteiger partial charge >= 0.3 is 5.97 Å². The van der Waals surface area contributed by atoms with Gasteiger partial charge < -0.3 is 15.2 Å². The Kier molecular flexibility index (Phi) is 3.52. The van der Waals surface area contributed by atoms with Gasteiger partial charge in [-0.15, -0.1) is 0 Å². The van der Waals surface area contributed by atoms with E-state index in [0.29, 0.717) is 23.6 Å². The second-order valence-electron chi connectivity index (χ2n) is 4.75. The summed E-state index contributed by atoms with van der Waals surface area (Å²) in [5, 5.41) is 13.1. The molecule has 0 radical (unpaired) electrons. The Labute approximate surface area is 106 Å². The van der Waals surface area contributed by atoms with Gasteiger partial charge in [0.1, 0.15) is 5.82 Å². The summed E-state index contributed by atoms with van der Waals surface area (Å²) in [5.41, 5.74) is 0.495. The van der Waals surface area contributed by atoms with E-state index in [2.05, 4.69) is 15.0 Å². The fourth-order valence-electron chi connectivity index (χ4n) is 2.00. The molecule has 0 bridgehead atoms. The van der Waals surface area contributed by atoms with Crippen molar-refractivity contribution in [2.75, 3.05) is 19.0 Å². The van der Waals surface area contributed by atoms with Crippen LogP contribution in [0.15, 0.2) is 12.1 Å². The van der Waals surface area contributed by atoms with Gasteiger partial charge in [-0.2, -0.15) is 0 Å². The van der Waals surface area contributed by atoms with Crippen LogP contribution in [0.4, 0.5) is 5.82 Å². The lowest BCUT2D eigenvalue weighted by atomic mass is 9.80. The van der Waals surface area contributed by atoms with Crippen LogP contribution in [0.1, 0.15) is 35.3 Å². The minimum Gasteiger partial charge on any atom is -0.465 e. The van der Waals surface area contributed by atoms with Crippen molar-refractivity contribution in [1.29, 1.82) is 0 Å². The number of esters is 1. The van der Waals surface area contributed by atoms with Crippen LogP contribution in [0.25, 0.3) is 0 Å².